The minimum absolute atomic E-state index is 0.0528. The van der Waals surface area contributed by atoms with Gasteiger partial charge in [0.15, 0.2) is 5.60 Å². The number of carboxylic acid groups (broad SMARTS) is 1. The zero-order chi connectivity index (χ0) is 22.4. The van der Waals surface area contributed by atoms with E-state index >= 15 is 0 Å². The van der Waals surface area contributed by atoms with Crippen LogP contribution in [0.5, 0.6) is 0 Å². The van der Waals surface area contributed by atoms with Crippen LogP contribution in [0.2, 0.25) is 0 Å². The lowest BCUT2D eigenvalue weighted by Crippen LogP contribution is -2.60. The summed E-state index contributed by atoms with van der Waals surface area (Å²) in [6, 6.07) is 6.10. The normalized spacial score (nSPS) is 15.5. The Morgan fingerprint density at radius 1 is 1.26 bits per heavy atom. The number of hydrogen-bond donors (Lipinski definition) is 3. The Morgan fingerprint density at radius 3 is 2.68 bits per heavy atom. The zero-order valence-corrected chi connectivity index (χ0v) is 16.8. The Morgan fingerprint density at radius 2 is 2.00 bits per heavy atom. The number of alkyl halides is 3. The molecule has 0 spiro atoms. The van der Waals surface area contributed by atoms with E-state index in [4.69, 9.17) is 5.11 Å². The van der Waals surface area contributed by atoms with Crippen LogP contribution < -0.4 is 5.32 Å². The summed E-state index contributed by atoms with van der Waals surface area (Å²) in [4.78, 5) is 24.3. The summed E-state index contributed by atoms with van der Waals surface area (Å²) in [6.45, 7) is 1.72. The van der Waals surface area contributed by atoms with Gasteiger partial charge in [-0.2, -0.15) is 13.2 Å². The smallest absolute Gasteiger partial charge is 0.433 e. The maximum atomic E-state index is 12.9. The summed E-state index contributed by atoms with van der Waals surface area (Å²) in [7, 11) is 0. The van der Waals surface area contributed by atoms with Gasteiger partial charge in [0.2, 0.25) is 5.95 Å². The lowest BCUT2D eigenvalue weighted by Gasteiger charge is -2.43. The molecule has 1 aliphatic rings. The number of aromatic nitrogens is 3. The topological polar surface area (TPSA) is 111 Å². The van der Waals surface area contributed by atoms with Gasteiger partial charge < -0.3 is 20.4 Å². The summed E-state index contributed by atoms with van der Waals surface area (Å²) < 4.78 is 38.6. The number of amides is 1. The van der Waals surface area contributed by atoms with Crippen molar-refractivity contribution in [3.05, 3.63) is 52.9 Å². The van der Waals surface area contributed by atoms with E-state index in [-0.39, 0.29) is 19.0 Å². The highest BCUT2D eigenvalue weighted by atomic mass is 32.1. The molecule has 4 rings (SSSR count). The first-order chi connectivity index (χ1) is 14.5. The minimum atomic E-state index is -4.58. The number of hydrogen-bond acceptors (Lipinski definition) is 7. The van der Waals surface area contributed by atoms with Gasteiger partial charge in [-0.15, -0.1) is 11.3 Å². The summed E-state index contributed by atoms with van der Waals surface area (Å²) in [5, 5.41) is 22.7. The molecule has 31 heavy (non-hydrogen) atoms. The fourth-order valence-corrected chi connectivity index (χ4v) is 4.16. The van der Waals surface area contributed by atoms with Gasteiger partial charge in [0, 0.05) is 18.1 Å². The van der Waals surface area contributed by atoms with Gasteiger partial charge >= 0.3 is 12.3 Å². The van der Waals surface area contributed by atoms with Crippen molar-refractivity contribution in [3.63, 3.8) is 0 Å². The molecule has 162 valence electrons. The van der Waals surface area contributed by atoms with E-state index < -0.39 is 23.6 Å². The van der Waals surface area contributed by atoms with Crippen molar-refractivity contribution < 1.29 is 28.2 Å². The predicted octanol–water partition coefficient (Wildman–Crippen LogP) is 3.85. The second kappa shape index (κ2) is 7.46. The molecule has 0 bridgehead atoms. The Hall–Kier alpha value is -3.25. The summed E-state index contributed by atoms with van der Waals surface area (Å²) in [5.74, 6) is -0.186. The van der Waals surface area contributed by atoms with Crippen molar-refractivity contribution in [2.24, 2.45) is 0 Å². The highest BCUT2D eigenvalue weighted by Gasteiger charge is 2.47. The molecule has 0 aliphatic carbocycles. The van der Waals surface area contributed by atoms with Crippen molar-refractivity contribution in [1.82, 2.24) is 19.9 Å². The lowest BCUT2D eigenvalue weighted by atomic mass is 9.96. The zero-order valence-electron chi connectivity index (χ0n) is 16.0. The summed E-state index contributed by atoms with van der Waals surface area (Å²) >= 11 is 1.22. The first-order valence-corrected chi connectivity index (χ1v) is 9.81. The van der Waals surface area contributed by atoms with Crippen molar-refractivity contribution in [3.8, 4) is 10.4 Å². The number of anilines is 2. The van der Waals surface area contributed by atoms with Crippen LogP contribution in [-0.4, -0.2) is 49.2 Å². The molecule has 1 amide bonds. The number of aliphatic hydroxyl groups is 1. The van der Waals surface area contributed by atoms with Crippen LogP contribution in [0.25, 0.3) is 10.4 Å². The third kappa shape index (κ3) is 4.30. The van der Waals surface area contributed by atoms with E-state index in [1.54, 1.807) is 18.3 Å². The summed E-state index contributed by atoms with van der Waals surface area (Å²) in [6.07, 6.45) is -3.08. The van der Waals surface area contributed by atoms with E-state index in [0.717, 1.165) is 28.3 Å². The molecule has 1 aromatic carbocycles. The van der Waals surface area contributed by atoms with Crippen LogP contribution in [0.1, 0.15) is 16.3 Å². The van der Waals surface area contributed by atoms with Crippen LogP contribution in [0.15, 0.2) is 36.7 Å². The van der Waals surface area contributed by atoms with Gasteiger partial charge in [-0.3, -0.25) is 0 Å². The van der Waals surface area contributed by atoms with Crippen LogP contribution in [0.3, 0.4) is 0 Å². The molecule has 0 unspecified atom stereocenters. The van der Waals surface area contributed by atoms with Gasteiger partial charge in [0.1, 0.15) is 10.7 Å². The molecule has 1 fully saturated rings. The first-order valence-electron chi connectivity index (χ1n) is 8.99. The Balaban J connectivity index is 1.57. The molecule has 3 N–H and O–H groups in total. The standard InChI is InChI=1S/C19H16F3N5O3S/c1-10-4-11(13-7-24-15(31-13)18(30)8-27(9-18)17(28)29)6-12(5-10)25-16-23-3-2-14(26-16)19(20,21)22/h2-7,30H,8-9H2,1H3,(H,28,29)(H,23,25,26). The van der Waals surface area contributed by atoms with Crippen LogP contribution in [0.4, 0.5) is 29.6 Å². The van der Waals surface area contributed by atoms with Crippen LogP contribution in [0, 0.1) is 6.92 Å². The number of aryl methyl sites for hydroxylation is 1. The molecule has 0 atom stereocenters. The molecule has 0 saturated carbocycles. The number of thiazole rings is 1. The summed E-state index contributed by atoms with van der Waals surface area (Å²) in [5.41, 5.74) is -0.312. The first kappa shape index (κ1) is 21.0. The number of nitrogens with zero attached hydrogens (tertiary/aromatic N) is 4. The van der Waals surface area contributed by atoms with Gasteiger partial charge in [0.05, 0.1) is 18.0 Å². The third-order valence-corrected chi connectivity index (χ3v) is 5.88. The molecule has 8 nitrogen and oxygen atoms in total. The molecule has 3 aromatic rings. The highest BCUT2D eigenvalue weighted by Crippen LogP contribution is 2.38. The van der Waals surface area contributed by atoms with Crippen molar-refractivity contribution in [2.75, 3.05) is 18.4 Å². The molecular weight excluding hydrogens is 435 g/mol. The number of likely N-dealkylation sites (tertiary alicyclic amines) is 1. The number of carbonyl (C=O) groups is 1. The highest BCUT2D eigenvalue weighted by molar-refractivity contribution is 7.15. The quantitative estimate of drug-likeness (QED) is 0.552. The maximum Gasteiger partial charge on any atom is 0.433 e. The van der Waals surface area contributed by atoms with E-state index in [1.165, 1.54) is 11.3 Å². The number of benzene rings is 1. The number of nitrogens with one attached hydrogen (secondary N) is 1. The SMILES string of the molecule is Cc1cc(Nc2nccc(C(F)(F)F)n2)cc(-c2cnc(C3(O)CN(C(=O)O)C3)s2)c1. The Bertz CT molecular complexity index is 1140. The van der Waals surface area contributed by atoms with Crippen LogP contribution >= 0.6 is 11.3 Å². The van der Waals surface area contributed by atoms with Gasteiger partial charge in [-0.05, 0) is 36.2 Å². The van der Waals surface area contributed by atoms with Gasteiger partial charge in [-0.25, -0.2) is 19.7 Å². The second-order valence-corrected chi connectivity index (χ2v) is 8.21. The largest absolute Gasteiger partial charge is 0.465 e. The fraction of sp³-hybridized carbons (Fsp3) is 0.263. The number of β-amino-alcohol motifs (C(OH)–C–C–N with tert-alkyl or cyclic N) is 1. The van der Waals surface area contributed by atoms with E-state index in [2.05, 4.69) is 20.3 Å². The average Bonchev–Trinajstić information content (AvgIpc) is 3.15. The minimum Gasteiger partial charge on any atom is -0.465 e. The van der Waals surface area contributed by atoms with Crippen molar-refractivity contribution in [2.45, 2.75) is 18.7 Å². The molecule has 1 aliphatic heterocycles. The van der Waals surface area contributed by atoms with Crippen molar-refractivity contribution in [1.29, 1.82) is 0 Å². The van der Waals surface area contributed by atoms with E-state index in [9.17, 15) is 23.1 Å². The fourth-order valence-electron chi connectivity index (χ4n) is 3.18. The number of rotatable bonds is 4. The molecule has 3 heterocycles. The van der Waals surface area contributed by atoms with Gasteiger partial charge in [0.25, 0.3) is 0 Å². The monoisotopic (exact) mass is 451 g/mol. The van der Waals surface area contributed by atoms with Crippen LogP contribution in [-0.2, 0) is 11.8 Å². The lowest BCUT2D eigenvalue weighted by molar-refractivity contribution is -0.141. The Labute approximate surface area is 178 Å². The Kier molecular flexibility index (Phi) is 5.06. The van der Waals surface area contributed by atoms with Gasteiger partial charge in [-0.1, -0.05) is 6.07 Å². The second-order valence-electron chi connectivity index (χ2n) is 7.18. The molecule has 1 saturated heterocycles. The molecular formula is C19H16F3N5O3S. The molecule has 0 radical (unpaired) electrons. The molecule has 2 aromatic heterocycles. The number of halogens is 3. The van der Waals surface area contributed by atoms with E-state index in [0.29, 0.717) is 15.6 Å². The third-order valence-electron chi connectivity index (χ3n) is 4.64. The maximum absolute atomic E-state index is 12.9. The van der Waals surface area contributed by atoms with E-state index in [1.807, 2.05) is 13.0 Å². The van der Waals surface area contributed by atoms with Crippen molar-refractivity contribution >= 4 is 29.1 Å². The predicted molar refractivity (Wildman–Crippen MR) is 106 cm³/mol. The molecule has 12 heteroatoms. The average molecular weight is 451 g/mol.